The SMILES string of the molecule is CC(C)(C)c1ccc(C2(O)C(N)=Nc3ccc(Cl)cc32)cc1. The lowest BCUT2D eigenvalue weighted by Gasteiger charge is -2.26. The number of hydrogen-bond donors (Lipinski definition) is 2. The highest BCUT2D eigenvalue weighted by Gasteiger charge is 2.42. The van der Waals surface area contributed by atoms with E-state index in [4.69, 9.17) is 17.3 Å². The monoisotopic (exact) mass is 314 g/mol. The first kappa shape index (κ1) is 15.1. The second-order valence-electron chi connectivity index (χ2n) is 6.70. The summed E-state index contributed by atoms with van der Waals surface area (Å²) in [7, 11) is 0. The van der Waals surface area contributed by atoms with E-state index in [0.717, 1.165) is 0 Å². The summed E-state index contributed by atoms with van der Waals surface area (Å²) in [5, 5.41) is 11.7. The van der Waals surface area contributed by atoms with Gasteiger partial charge in [-0.25, -0.2) is 4.99 Å². The van der Waals surface area contributed by atoms with Gasteiger partial charge in [0.2, 0.25) is 0 Å². The maximum Gasteiger partial charge on any atom is 0.174 e. The van der Waals surface area contributed by atoms with E-state index in [2.05, 4.69) is 25.8 Å². The van der Waals surface area contributed by atoms with Crippen LogP contribution in [-0.4, -0.2) is 10.9 Å². The van der Waals surface area contributed by atoms with E-state index in [1.165, 1.54) is 5.56 Å². The van der Waals surface area contributed by atoms with Crippen molar-refractivity contribution in [1.29, 1.82) is 0 Å². The highest BCUT2D eigenvalue weighted by atomic mass is 35.5. The van der Waals surface area contributed by atoms with Crippen molar-refractivity contribution < 1.29 is 5.11 Å². The number of benzene rings is 2. The normalized spacial score (nSPS) is 20.7. The topological polar surface area (TPSA) is 58.6 Å². The van der Waals surface area contributed by atoms with E-state index in [1.54, 1.807) is 18.2 Å². The van der Waals surface area contributed by atoms with Gasteiger partial charge in [-0.05, 0) is 34.7 Å². The molecule has 0 amide bonds. The Morgan fingerprint density at radius 2 is 1.73 bits per heavy atom. The van der Waals surface area contributed by atoms with Crippen LogP contribution in [0.2, 0.25) is 5.02 Å². The minimum absolute atomic E-state index is 0.0532. The molecule has 0 fully saturated rings. The van der Waals surface area contributed by atoms with Crippen molar-refractivity contribution in [2.75, 3.05) is 0 Å². The zero-order chi connectivity index (χ0) is 16.1. The fourth-order valence-electron chi connectivity index (χ4n) is 2.76. The molecular weight excluding hydrogens is 296 g/mol. The zero-order valence-electron chi connectivity index (χ0n) is 12.9. The molecule has 3 rings (SSSR count). The van der Waals surface area contributed by atoms with Crippen LogP contribution in [0.5, 0.6) is 0 Å². The van der Waals surface area contributed by atoms with Crippen molar-refractivity contribution in [3.8, 4) is 0 Å². The maximum absolute atomic E-state index is 11.2. The van der Waals surface area contributed by atoms with Gasteiger partial charge >= 0.3 is 0 Å². The van der Waals surface area contributed by atoms with Gasteiger partial charge in [0.1, 0.15) is 5.84 Å². The third-order valence-corrected chi connectivity index (χ3v) is 4.36. The summed E-state index contributed by atoms with van der Waals surface area (Å²) in [6, 6.07) is 13.1. The average Bonchev–Trinajstić information content (AvgIpc) is 2.71. The fraction of sp³-hybridized carbons (Fsp3) is 0.278. The summed E-state index contributed by atoms with van der Waals surface area (Å²) in [4.78, 5) is 4.28. The molecule has 1 aliphatic heterocycles. The van der Waals surface area contributed by atoms with E-state index >= 15 is 0 Å². The summed E-state index contributed by atoms with van der Waals surface area (Å²) in [6.45, 7) is 6.45. The molecule has 0 aliphatic carbocycles. The quantitative estimate of drug-likeness (QED) is 0.839. The van der Waals surface area contributed by atoms with Crippen LogP contribution >= 0.6 is 11.6 Å². The molecule has 114 valence electrons. The Kier molecular flexibility index (Phi) is 3.31. The van der Waals surface area contributed by atoms with E-state index in [-0.39, 0.29) is 11.3 Å². The third-order valence-electron chi connectivity index (χ3n) is 4.13. The van der Waals surface area contributed by atoms with Gasteiger partial charge in [0.05, 0.1) is 5.69 Å². The second-order valence-corrected chi connectivity index (χ2v) is 7.13. The molecule has 0 saturated heterocycles. The van der Waals surface area contributed by atoms with Crippen LogP contribution in [0, 0.1) is 0 Å². The maximum atomic E-state index is 11.2. The van der Waals surface area contributed by atoms with Crippen molar-refractivity contribution in [1.82, 2.24) is 0 Å². The van der Waals surface area contributed by atoms with Gasteiger partial charge in [-0.2, -0.15) is 0 Å². The van der Waals surface area contributed by atoms with Gasteiger partial charge in [-0.1, -0.05) is 56.6 Å². The molecule has 3 nitrogen and oxygen atoms in total. The predicted molar refractivity (Wildman–Crippen MR) is 90.9 cm³/mol. The van der Waals surface area contributed by atoms with Crippen LogP contribution in [0.25, 0.3) is 0 Å². The van der Waals surface area contributed by atoms with E-state index in [0.29, 0.717) is 21.8 Å². The van der Waals surface area contributed by atoms with Crippen LogP contribution < -0.4 is 5.73 Å². The van der Waals surface area contributed by atoms with E-state index in [9.17, 15) is 5.11 Å². The first-order valence-corrected chi connectivity index (χ1v) is 7.59. The van der Waals surface area contributed by atoms with Gasteiger partial charge in [0.25, 0.3) is 0 Å². The van der Waals surface area contributed by atoms with Crippen molar-refractivity contribution in [3.05, 3.63) is 64.2 Å². The predicted octanol–water partition coefficient (Wildman–Crippen LogP) is 3.88. The van der Waals surface area contributed by atoms with Crippen molar-refractivity contribution in [2.24, 2.45) is 10.7 Å². The Labute approximate surface area is 135 Å². The number of hydrogen-bond acceptors (Lipinski definition) is 3. The molecule has 1 atom stereocenters. The Morgan fingerprint density at radius 1 is 1.09 bits per heavy atom. The minimum Gasteiger partial charge on any atom is -0.384 e. The largest absolute Gasteiger partial charge is 0.384 e. The molecule has 1 heterocycles. The minimum atomic E-state index is -1.42. The van der Waals surface area contributed by atoms with Crippen LogP contribution in [-0.2, 0) is 11.0 Å². The van der Waals surface area contributed by atoms with Gasteiger partial charge in [0, 0.05) is 10.6 Å². The van der Waals surface area contributed by atoms with Crippen LogP contribution in [0.15, 0.2) is 47.5 Å². The first-order chi connectivity index (χ1) is 10.2. The number of aliphatic imine (C=N–C) groups is 1. The first-order valence-electron chi connectivity index (χ1n) is 7.21. The van der Waals surface area contributed by atoms with E-state index < -0.39 is 5.60 Å². The molecule has 0 aromatic heterocycles. The Balaban J connectivity index is 2.12. The molecule has 4 heteroatoms. The standard InChI is InChI=1S/C18H19ClN2O/c1-17(2,3)11-4-6-12(7-5-11)18(22)14-10-13(19)8-9-15(14)21-16(18)20/h4-10,22H,1-3H3,(H2,20,21). The van der Waals surface area contributed by atoms with Crippen LogP contribution in [0.3, 0.4) is 0 Å². The molecule has 0 radical (unpaired) electrons. The summed E-state index contributed by atoms with van der Waals surface area (Å²) in [6.07, 6.45) is 0. The number of fused-ring (bicyclic) bond motifs is 1. The molecular formula is C18H19ClN2O. The molecule has 3 N–H and O–H groups in total. The fourth-order valence-corrected chi connectivity index (χ4v) is 2.93. The lowest BCUT2D eigenvalue weighted by molar-refractivity contribution is 0.158. The number of halogens is 1. The molecule has 0 bridgehead atoms. The summed E-state index contributed by atoms with van der Waals surface area (Å²) >= 11 is 6.07. The number of aliphatic hydroxyl groups is 1. The highest BCUT2D eigenvalue weighted by molar-refractivity contribution is 6.30. The molecule has 2 aromatic rings. The molecule has 1 unspecified atom stereocenters. The van der Waals surface area contributed by atoms with Gasteiger partial charge < -0.3 is 10.8 Å². The van der Waals surface area contributed by atoms with Gasteiger partial charge in [-0.15, -0.1) is 0 Å². The van der Waals surface area contributed by atoms with E-state index in [1.807, 2.05) is 24.3 Å². The number of amidine groups is 1. The number of nitrogens with zero attached hydrogens (tertiary/aromatic N) is 1. The van der Waals surface area contributed by atoms with Gasteiger partial charge in [0.15, 0.2) is 5.60 Å². The average molecular weight is 315 g/mol. The Hall–Kier alpha value is -1.84. The molecule has 22 heavy (non-hydrogen) atoms. The summed E-state index contributed by atoms with van der Waals surface area (Å²) in [5.41, 5.74) is 7.83. The smallest absolute Gasteiger partial charge is 0.174 e. The number of nitrogens with two attached hydrogens (primary N) is 1. The molecule has 2 aromatic carbocycles. The zero-order valence-corrected chi connectivity index (χ0v) is 13.6. The van der Waals surface area contributed by atoms with Crippen LogP contribution in [0.1, 0.15) is 37.5 Å². The molecule has 0 spiro atoms. The van der Waals surface area contributed by atoms with Gasteiger partial charge in [-0.3, -0.25) is 0 Å². The second kappa shape index (κ2) is 4.83. The van der Waals surface area contributed by atoms with Crippen molar-refractivity contribution in [3.63, 3.8) is 0 Å². The third kappa shape index (κ3) is 2.21. The summed E-state index contributed by atoms with van der Waals surface area (Å²) < 4.78 is 0. The highest BCUT2D eigenvalue weighted by Crippen LogP contribution is 2.43. The van der Waals surface area contributed by atoms with Crippen molar-refractivity contribution in [2.45, 2.75) is 31.8 Å². The number of rotatable bonds is 1. The lowest BCUT2D eigenvalue weighted by atomic mass is 9.82. The lowest BCUT2D eigenvalue weighted by Crippen LogP contribution is -2.39. The Morgan fingerprint density at radius 3 is 2.32 bits per heavy atom. The van der Waals surface area contributed by atoms with Crippen molar-refractivity contribution >= 4 is 23.1 Å². The van der Waals surface area contributed by atoms with Crippen LogP contribution in [0.4, 0.5) is 5.69 Å². The molecule has 1 aliphatic rings. The summed E-state index contributed by atoms with van der Waals surface area (Å²) in [5.74, 6) is 0.174. The molecule has 0 saturated carbocycles. The Bertz CT molecular complexity index is 760.